The summed E-state index contributed by atoms with van der Waals surface area (Å²) >= 11 is 0. The van der Waals surface area contributed by atoms with Crippen LogP contribution in [-0.2, 0) is 0 Å². The summed E-state index contributed by atoms with van der Waals surface area (Å²) < 4.78 is 16.1. The summed E-state index contributed by atoms with van der Waals surface area (Å²) in [6.07, 6.45) is 8.81. The number of carbonyl (C=O) groups excluding carboxylic acids is 1. The van der Waals surface area contributed by atoms with Gasteiger partial charge in [-0.3, -0.25) is 9.78 Å². The molecule has 10 nitrogen and oxygen atoms in total. The van der Waals surface area contributed by atoms with Crippen molar-refractivity contribution in [2.24, 2.45) is 0 Å². The van der Waals surface area contributed by atoms with Gasteiger partial charge in [-0.25, -0.2) is 18.9 Å². The van der Waals surface area contributed by atoms with E-state index in [9.17, 15) is 19.6 Å². The molecule has 1 saturated carbocycles. The molecule has 1 fully saturated rings. The van der Waals surface area contributed by atoms with Gasteiger partial charge in [0.2, 0.25) is 0 Å². The lowest BCUT2D eigenvalue weighted by Gasteiger charge is -2.30. The molecule has 41 heavy (non-hydrogen) atoms. The molecule has 11 heteroatoms. The number of halogens is 1. The molecule has 0 bridgehead atoms. The van der Waals surface area contributed by atoms with Crippen LogP contribution in [0.3, 0.4) is 0 Å². The number of pyridine rings is 1. The first kappa shape index (κ1) is 28.1. The molecule has 0 saturated heterocycles. The number of rotatable bonds is 8. The predicted octanol–water partition coefficient (Wildman–Crippen LogP) is 4.34. The topological polar surface area (TPSA) is 141 Å². The van der Waals surface area contributed by atoms with Gasteiger partial charge in [0, 0.05) is 24.6 Å². The first-order chi connectivity index (χ1) is 19.6. The van der Waals surface area contributed by atoms with Crippen LogP contribution in [0.15, 0.2) is 49.1 Å². The van der Waals surface area contributed by atoms with Gasteiger partial charge in [0.05, 0.1) is 52.1 Å². The Labute approximate surface area is 237 Å². The van der Waals surface area contributed by atoms with Gasteiger partial charge in [0.1, 0.15) is 18.1 Å². The van der Waals surface area contributed by atoms with Crippen molar-refractivity contribution in [2.75, 3.05) is 11.9 Å². The van der Waals surface area contributed by atoms with Gasteiger partial charge in [0.15, 0.2) is 0 Å². The van der Waals surface area contributed by atoms with Crippen molar-refractivity contribution in [3.05, 3.63) is 71.6 Å². The highest BCUT2D eigenvalue weighted by Gasteiger charge is 2.28. The second-order valence-corrected chi connectivity index (χ2v) is 11.1. The first-order valence-electron chi connectivity index (χ1n) is 13.7. The Hall–Kier alpha value is -4.43. The van der Waals surface area contributed by atoms with Gasteiger partial charge in [-0.15, -0.1) is 0 Å². The van der Waals surface area contributed by atoms with Crippen LogP contribution in [0.5, 0.6) is 0 Å². The van der Waals surface area contributed by atoms with Crippen molar-refractivity contribution < 1.29 is 14.3 Å². The molecule has 1 aliphatic carbocycles. The third kappa shape index (κ3) is 6.33. The Bertz CT molecular complexity index is 1580. The average molecular weight is 557 g/mol. The number of nitrogens with one attached hydrogen (secondary N) is 2. The van der Waals surface area contributed by atoms with Crippen molar-refractivity contribution >= 4 is 17.1 Å². The number of aryl methyl sites for hydroxylation is 1. The number of aliphatic hydroxyl groups is 1. The molecule has 1 unspecified atom stereocenters. The average Bonchev–Trinajstić information content (AvgIpc) is 3.39. The Balaban J connectivity index is 1.39. The second kappa shape index (κ2) is 11.6. The highest BCUT2D eigenvalue weighted by Crippen LogP contribution is 2.34. The van der Waals surface area contributed by atoms with Crippen LogP contribution >= 0.6 is 0 Å². The van der Waals surface area contributed by atoms with Crippen LogP contribution in [0.2, 0.25) is 0 Å². The number of nitrogens with zero attached hydrogens (tertiary/aromatic N) is 6. The predicted molar refractivity (Wildman–Crippen MR) is 152 cm³/mol. The van der Waals surface area contributed by atoms with E-state index in [-0.39, 0.29) is 18.2 Å². The number of amides is 1. The van der Waals surface area contributed by atoms with Gasteiger partial charge >= 0.3 is 0 Å². The molecule has 4 heterocycles. The fourth-order valence-electron chi connectivity index (χ4n) is 5.08. The first-order valence-corrected chi connectivity index (χ1v) is 13.7. The standard InChI is InChI=1S/C30H33FN8O2/c1-18-33-14-21(15-34-18)20-4-6-22(7-5-20)38-25-11-26(27-9-8-23-10-19(12-32)13-37-39(23)27)35-16-24(25)29(40)36-17-28(31)30(2,3)41/h8-11,13-16,20,22,28,41H,4-7,17H2,1-3H3,(H,35,38)(H,36,40). The lowest BCUT2D eigenvalue weighted by Crippen LogP contribution is -2.42. The number of alkyl halides is 1. The minimum absolute atomic E-state index is 0.116. The summed E-state index contributed by atoms with van der Waals surface area (Å²) in [4.78, 5) is 26.4. The molecule has 4 aromatic rings. The van der Waals surface area contributed by atoms with E-state index < -0.39 is 17.7 Å². The molecule has 0 aliphatic heterocycles. The lowest BCUT2D eigenvalue weighted by atomic mass is 9.82. The zero-order valence-electron chi connectivity index (χ0n) is 23.3. The van der Waals surface area contributed by atoms with Gasteiger partial charge in [-0.05, 0) is 82.2 Å². The Morgan fingerprint density at radius 2 is 1.88 bits per heavy atom. The normalized spacial score (nSPS) is 18.0. The number of fused-ring (bicyclic) bond motifs is 1. The summed E-state index contributed by atoms with van der Waals surface area (Å²) in [6, 6.07) is 9.47. The van der Waals surface area contributed by atoms with E-state index in [0.29, 0.717) is 28.6 Å². The van der Waals surface area contributed by atoms with Crippen molar-refractivity contribution in [2.45, 2.75) is 70.2 Å². The van der Waals surface area contributed by atoms with Crippen LogP contribution < -0.4 is 10.6 Å². The maximum absolute atomic E-state index is 14.4. The van der Waals surface area contributed by atoms with E-state index in [2.05, 4.69) is 36.8 Å². The molecule has 0 radical (unpaired) electrons. The van der Waals surface area contributed by atoms with Gasteiger partial charge in [-0.2, -0.15) is 10.4 Å². The Morgan fingerprint density at radius 3 is 2.56 bits per heavy atom. The van der Waals surface area contributed by atoms with Crippen LogP contribution in [0.1, 0.15) is 72.8 Å². The summed E-state index contributed by atoms with van der Waals surface area (Å²) in [6.45, 7) is 4.27. The third-order valence-corrected chi connectivity index (χ3v) is 7.61. The zero-order valence-corrected chi connectivity index (χ0v) is 23.3. The van der Waals surface area contributed by atoms with E-state index in [0.717, 1.165) is 42.6 Å². The number of carbonyl (C=O) groups is 1. The fraction of sp³-hybridized carbons (Fsp3) is 0.400. The van der Waals surface area contributed by atoms with Crippen molar-refractivity contribution in [1.82, 2.24) is 29.9 Å². The fourth-order valence-corrected chi connectivity index (χ4v) is 5.08. The van der Waals surface area contributed by atoms with E-state index >= 15 is 0 Å². The molecule has 212 valence electrons. The minimum atomic E-state index is -1.63. The molecule has 1 aliphatic rings. The highest BCUT2D eigenvalue weighted by molar-refractivity contribution is 6.00. The van der Waals surface area contributed by atoms with Crippen LogP contribution in [-0.4, -0.2) is 59.9 Å². The van der Waals surface area contributed by atoms with E-state index in [4.69, 9.17) is 0 Å². The monoisotopic (exact) mass is 556 g/mol. The summed E-state index contributed by atoms with van der Waals surface area (Å²) in [7, 11) is 0. The number of hydrogen-bond donors (Lipinski definition) is 3. The molecule has 4 aromatic heterocycles. The molecule has 1 atom stereocenters. The largest absolute Gasteiger partial charge is 0.387 e. The quantitative estimate of drug-likeness (QED) is 0.291. The van der Waals surface area contributed by atoms with Gasteiger partial charge in [-0.1, -0.05) is 0 Å². The smallest absolute Gasteiger partial charge is 0.255 e. The number of aromatic nitrogens is 5. The SMILES string of the molecule is Cc1ncc(C2CCC(Nc3cc(-c4ccc5cc(C#N)cnn45)ncc3C(=O)NCC(F)C(C)(C)O)CC2)cn1. The Morgan fingerprint density at radius 1 is 1.15 bits per heavy atom. The third-order valence-electron chi connectivity index (χ3n) is 7.61. The van der Waals surface area contributed by atoms with Gasteiger partial charge in [0.25, 0.3) is 5.91 Å². The van der Waals surface area contributed by atoms with Crippen molar-refractivity contribution in [1.29, 1.82) is 5.26 Å². The van der Waals surface area contributed by atoms with Crippen molar-refractivity contribution in [3.63, 3.8) is 0 Å². The second-order valence-electron chi connectivity index (χ2n) is 11.1. The number of anilines is 1. The zero-order chi connectivity index (χ0) is 29.1. The van der Waals surface area contributed by atoms with Crippen LogP contribution in [0.25, 0.3) is 16.9 Å². The van der Waals surface area contributed by atoms with E-state index in [1.807, 2.05) is 31.5 Å². The number of nitriles is 1. The molecular formula is C30H33FN8O2. The maximum atomic E-state index is 14.4. The molecule has 1 amide bonds. The van der Waals surface area contributed by atoms with Crippen molar-refractivity contribution in [3.8, 4) is 17.5 Å². The Kier molecular flexibility index (Phi) is 7.94. The van der Waals surface area contributed by atoms with Crippen LogP contribution in [0, 0.1) is 18.3 Å². The molecule has 3 N–H and O–H groups in total. The molecule has 5 rings (SSSR count). The minimum Gasteiger partial charge on any atom is -0.387 e. The summed E-state index contributed by atoms with van der Waals surface area (Å²) in [5.74, 6) is 0.645. The van der Waals surface area contributed by atoms with Crippen LogP contribution in [0.4, 0.5) is 10.1 Å². The molecule has 0 spiro atoms. The van der Waals surface area contributed by atoms with Gasteiger partial charge < -0.3 is 15.7 Å². The molecular weight excluding hydrogens is 523 g/mol. The van der Waals surface area contributed by atoms with E-state index in [1.54, 1.807) is 16.6 Å². The number of hydrogen-bond acceptors (Lipinski definition) is 8. The summed E-state index contributed by atoms with van der Waals surface area (Å²) in [5, 5.41) is 29.7. The summed E-state index contributed by atoms with van der Waals surface area (Å²) in [5.41, 5.74) is 2.92. The lowest BCUT2D eigenvalue weighted by molar-refractivity contribution is -0.00177. The highest BCUT2D eigenvalue weighted by atomic mass is 19.1. The van der Waals surface area contributed by atoms with E-state index in [1.165, 1.54) is 26.2 Å². The maximum Gasteiger partial charge on any atom is 0.255 e. The molecule has 0 aromatic carbocycles.